The van der Waals surface area contributed by atoms with Crippen molar-refractivity contribution in [1.82, 2.24) is 0 Å². The maximum atomic E-state index is 11.4. The van der Waals surface area contributed by atoms with Crippen LogP contribution in [0.1, 0.15) is 23.7 Å². The minimum atomic E-state index is -0.803. The molecule has 5 nitrogen and oxygen atoms in total. The van der Waals surface area contributed by atoms with Gasteiger partial charge in [0.1, 0.15) is 6.04 Å². The quantitative estimate of drug-likeness (QED) is 0.587. The van der Waals surface area contributed by atoms with Crippen LogP contribution in [0, 0.1) is 0 Å². The standard InChI is InChI=1S/C13H17NO4/c1-3-12(16)9-4-6-10(7-5-9)14-11(8-15)13(17)18-2/h4-7,11,14-15H,3,8H2,1-2H3. The summed E-state index contributed by atoms with van der Waals surface area (Å²) >= 11 is 0. The van der Waals surface area contributed by atoms with Gasteiger partial charge in [0.05, 0.1) is 13.7 Å². The van der Waals surface area contributed by atoms with Crippen molar-refractivity contribution in [1.29, 1.82) is 0 Å². The van der Waals surface area contributed by atoms with Gasteiger partial charge < -0.3 is 15.2 Å². The van der Waals surface area contributed by atoms with Gasteiger partial charge in [-0.2, -0.15) is 0 Å². The highest BCUT2D eigenvalue weighted by molar-refractivity contribution is 5.96. The van der Waals surface area contributed by atoms with Crippen molar-refractivity contribution in [3.05, 3.63) is 29.8 Å². The Morgan fingerprint density at radius 1 is 1.33 bits per heavy atom. The molecule has 0 aliphatic carbocycles. The van der Waals surface area contributed by atoms with Crippen LogP contribution < -0.4 is 5.32 Å². The number of ether oxygens (including phenoxy) is 1. The van der Waals surface area contributed by atoms with Crippen LogP contribution in [0.5, 0.6) is 0 Å². The highest BCUT2D eigenvalue weighted by atomic mass is 16.5. The predicted octanol–water partition coefficient (Wildman–Crippen LogP) is 1.23. The van der Waals surface area contributed by atoms with Crippen molar-refractivity contribution in [3.8, 4) is 0 Å². The first-order valence-corrected chi connectivity index (χ1v) is 5.70. The molecule has 0 aromatic heterocycles. The molecule has 1 aromatic rings. The third kappa shape index (κ3) is 3.56. The molecule has 0 saturated carbocycles. The molecule has 0 spiro atoms. The normalized spacial score (nSPS) is 11.7. The third-order valence-corrected chi connectivity index (χ3v) is 2.54. The largest absolute Gasteiger partial charge is 0.467 e. The molecule has 0 fully saturated rings. The molecule has 1 aromatic carbocycles. The Morgan fingerprint density at radius 2 is 1.94 bits per heavy atom. The van der Waals surface area contributed by atoms with E-state index in [0.29, 0.717) is 17.7 Å². The van der Waals surface area contributed by atoms with Crippen LogP contribution in [0.3, 0.4) is 0 Å². The number of nitrogens with one attached hydrogen (secondary N) is 1. The van der Waals surface area contributed by atoms with E-state index in [1.807, 2.05) is 0 Å². The van der Waals surface area contributed by atoms with E-state index in [1.165, 1.54) is 7.11 Å². The Kier molecular flexibility index (Phi) is 5.32. The molecule has 1 rings (SSSR count). The number of methoxy groups -OCH3 is 1. The molecule has 0 heterocycles. The number of rotatable bonds is 6. The molecule has 1 unspecified atom stereocenters. The van der Waals surface area contributed by atoms with Crippen molar-refractivity contribution in [2.45, 2.75) is 19.4 Å². The van der Waals surface area contributed by atoms with Gasteiger partial charge in [0.2, 0.25) is 0 Å². The summed E-state index contributed by atoms with van der Waals surface area (Å²) in [5.41, 5.74) is 1.27. The molecule has 0 aliphatic heterocycles. The molecule has 0 saturated heterocycles. The fourth-order valence-corrected chi connectivity index (χ4v) is 1.48. The van der Waals surface area contributed by atoms with Crippen LogP contribution >= 0.6 is 0 Å². The van der Waals surface area contributed by atoms with Gasteiger partial charge in [-0.15, -0.1) is 0 Å². The van der Waals surface area contributed by atoms with Gasteiger partial charge in [0.15, 0.2) is 5.78 Å². The topological polar surface area (TPSA) is 75.6 Å². The number of Topliss-reactive ketones (excluding diaryl/α,β-unsaturated/α-hetero) is 1. The molecule has 0 aliphatic rings. The zero-order chi connectivity index (χ0) is 13.5. The first kappa shape index (κ1) is 14.2. The van der Waals surface area contributed by atoms with Gasteiger partial charge in [-0.25, -0.2) is 4.79 Å². The van der Waals surface area contributed by atoms with Gasteiger partial charge in [-0.1, -0.05) is 6.92 Å². The molecule has 1 atom stereocenters. The Hall–Kier alpha value is -1.88. The van der Waals surface area contributed by atoms with Crippen LogP contribution in [0.4, 0.5) is 5.69 Å². The second-order valence-corrected chi connectivity index (χ2v) is 3.76. The number of aliphatic hydroxyl groups excluding tert-OH is 1. The maximum absolute atomic E-state index is 11.4. The smallest absolute Gasteiger partial charge is 0.330 e. The molecule has 0 bridgehead atoms. The minimum Gasteiger partial charge on any atom is -0.467 e. The predicted molar refractivity (Wildman–Crippen MR) is 67.6 cm³/mol. The molecule has 2 N–H and O–H groups in total. The zero-order valence-corrected chi connectivity index (χ0v) is 10.5. The third-order valence-electron chi connectivity index (χ3n) is 2.54. The van der Waals surface area contributed by atoms with E-state index in [1.54, 1.807) is 31.2 Å². The van der Waals surface area contributed by atoms with E-state index in [4.69, 9.17) is 5.11 Å². The van der Waals surface area contributed by atoms with E-state index in [-0.39, 0.29) is 12.4 Å². The number of carbonyl (C=O) groups is 2. The number of benzene rings is 1. The molecule has 5 heteroatoms. The summed E-state index contributed by atoms with van der Waals surface area (Å²) in [5.74, 6) is -0.473. The fraction of sp³-hybridized carbons (Fsp3) is 0.385. The Morgan fingerprint density at radius 3 is 2.39 bits per heavy atom. The zero-order valence-electron chi connectivity index (χ0n) is 10.5. The first-order valence-electron chi connectivity index (χ1n) is 5.70. The van der Waals surface area contributed by atoms with Crippen LogP contribution in [0.2, 0.25) is 0 Å². The first-order chi connectivity index (χ1) is 8.62. The summed E-state index contributed by atoms with van der Waals surface area (Å²) in [4.78, 5) is 22.7. The SMILES string of the molecule is CCC(=O)c1ccc(NC(CO)C(=O)OC)cc1. The molecule has 0 amide bonds. The van der Waals surface area contributed by atoms with Gasteiger partial charge in [0.25, 0.3) is 0 Å². The summed E-state index contributed by atoms with van der Waals surface area (Å²) in [6.07, 6.45) is 0.453. The van der Waals surface area contributed by atoms with Crippen LogP contribution in [0.15, 0.2) is 24.3 Å². The molecule has 98 valence electrons. The molecular weight excluding hydrogens is 234 g/mol. The van der Waals surface area contributed by atoms with E-state index >= 15 is 0 Å². The minimum absolute atomic E-state index is 0.0632. The van der Waals surface area contributed by atoms with Gasteiger partial charge >= 0.3 is 5.97 Å². The lowest BCUT2D eigenvalue weighted by atomic mass is 10.1. The lowest BCUT2D eigenvalue weighted by Crippen LogP contribution is -2.34. The number of anilines is 1. The number of hydrogen-bond donors (Lipinski definition) is 2. The van der Waals surface area contributed by atoms with E-state index in [9.17, 15) is 9.59 Å². The Bertz CT molecular complexity index is 414. The summed E-state index contributed by atoms with van der Waals surface area (Å²) < 4.78 is 4.54. The van der Waals surface area contributed by atoms with E-state index in [2.05, 4.69) is 10.1 Å². The number of carbonyl (C=O) groups excluding carboxylic acids is 2. The molecular formula is C13H17NO4. The van der Waals surface area contributed by atoms with Crippen molar-refractivity contribution in [2.24, 2.45) is 0 Å². The number of hydrogen-bond acceptors (Lipinski definition) is 5. The number of esters is 1. The van der Waals surface area contributed by atoms with Crippen molar-refractivity contribution in [3.63, 3.8) is 0 Å². The number of aliphatic hydroxyl groups is 1. The van der Waals surface area contributed by atoms with Gasteiger partial charge in [0, 0.05) is 17.7 Å². The van der Waals surface area contributed by atoms with Crippen LogP contribution in [-0.2, 0) is 9.53 Å². The van der Waals surface area contributed by atoms with Crippen molar-refractivity contribution < 1.29 is 19.4 Å². The van der Waals surface area contributed by atoms with Crippen LogP contribution in [-0.4, -0.2) is 36.6 Å². The van der Waals surface area contributed by atoms with Crippen molar-refractivity contribution >= 4 is 17.4 Å². The van der Waals surface area contributed by atoms with E-state index < -0.39 is 12.0 Å². The van der Waals surface area contributed by atoms with Gasteiger partial charge in [-0.05, 0) is 24.3 Å². The molecule has 18 heavy (non-hydrogen) atoms. The summed E-state index contributed by atoms with van der Waals surface area (Å²) in [6.45, 7) is 1.44. The van der Waals surface area contributed by atoms with E-state index in [0.717, 1.165) is 0 Å². The number of ketones is 1. The fourth-order valence-electron chi connectivity index (χ4n) is 1.48. The second-order valence-electron chi connectivity index (χ2n) is 3.76. The highest BCUT2D eigenvalue weighted by Gasteiger charge is 2.17. The summed E-state index contributed by atoms with van der Waals surface area (Å²) in [6, 6.07) is 5.94. The van der Waals surface area contributed by atoms with Crippen molar-refractivity contribution in [2.75, 3.05) is 19.0 Å². The highest BCUT2D eigenvalue weighted by Crippen LogP contribution is 2.12. The summed E-state index contributed by atoms with van der Waals surface area (Å²) in [5, 5.41) is 11.9. The Balaban J connectivity index is 2.73. The maximum Gasteiger partial charge on any atom is 0.330 e. The lowest BCUT2D eigenvalue weighted by molar-refractivity contribution is -0.142. The Labute approximate surface area is 106 Å². The monoisotopic (exact) mass is 251 g/mol. The lowest BCUT2D eigenvalue weighted by Gasteiger charge is -2.15. The second kappa shape index (κ2) is 6.76. The average Bonchev–Trinajstić information content (AvgIpc) is 2.43. The molecule has 0 radical (unpaired) electrons. The van der Waals surface area contributed by atoms with Gasteiger partial charge in [-0.3, -0.25) is 4.79 Å². The summed E-state index contributed by atoms with van der Waals surface area (Å²) in [7, 11) is 1.26. The van der Waals surface area contributed by atoms with Crippen LogP contribution in [0.25, 0.3) is 0 Å². The average molecular weight is 251 g/mol.